The lowest BCUT2D eigenvalue weighted by molar-refractivity contribution is -0.119. The van der Waals surface area contributed by atoms with E-state index in [2.05, 4.69) is 25.7 Å². The highest BCUT2D eigenvalue weighted by Crippen LogP contribution is 2.15. The summed E-state index contributed by atoms with van der Waals surface area (Å²) in [5.74, 6) is -1.49. The van der Waals surface area contributed by atoms with E-state index < -0.39 is 18.5 Å². The van der Waals surface area contributed by atoms with Gasteiger partial charge in [0.25, 0.3) is 17.5 Å². The van der Waals surface area contributed by atoms with E-state index in [0.717, 1.165) is 11.4 Å². The van der Waals surface area contributed by atoms with Gasteiger partial charge in [0.15, 0.2) is 6.61 Å². The second kappa shape index (κ2) is 7.82. The molecule has 2 amide bonds. The minimum absolute atomic E-state index is 0.179. The lowest BCUT2D eigenvalue weighted by Gasteiger charge is -2.08. The summed E-state index contributed by atoms with van der Waals surface area (Å²) in [4.78, 5) is 43.5. The Balaban J connectivity index is 1.61. The highest BCUT2D eigenvalue weighted by atomic mass is 16.5. The quantitative estimate of drug-likeness (QED) is 0.640. The number of ether oxygens (including phenoxy) is 1. The molecule has 0 aliphatic carbocycles. The van der Waals surface area contributed by atoms with E-state index >= 15 is 0 Å². The predicted octanol–water partition coefficient (Wildman–Crippen LogP) is 1.50. The number of fused-ring (bicyclic) bond motifs is 1. The first-order valence-corrected chi connectivity index (χ1v) is 8.37. The maximum atomic E-state index is 12.1. The van der Waals surface area contributed by atoms with E-state index in [-0.39, 0.29) is 17.5 Å². The molecule has 0 atom stereocenters. The summed E-state index contributed by atoms with van der Waals surface area (Å²) in [5, 5.41) is 9.24. The number of esters is 1. The van der Waals surface area contributed by atoms with Crippen molar-refractivity contribution in [1.29, 1.82) is 0 Å². The average Bonchev–Trinajstić information content (AvgIpc) is 3.04. The lowest BCUT2D eigenvalue weighted by atomic mass is 10.2. The summed E-state index contributed by atoms with van der Waals surface area (Å²) < 4.78 is 6.40. The summed E-state index contributed by atoms with van der Waals surface area (Å²) in [6.07, 6.45) is 0. The van der Waals surface area contributed by atoms with Crippen LogP contribution in [0.3, 0.4) is 0 Å². The molecule has 0 bridgehead atoms. The fourth-order valence-electron chi connectivity index (χ4n) is 2.52. The van der Waals surface area contributed by atoms with Crippen LogP contribution in [-0.2, 0) is 14.3 Å². The summed E-state index contributed by atoms with van der Waals surface area (Å²) >= 11 is 0. The molecule has 0 fully saturated rings. The number of aromatic nitrogens is 4. The van der Waals surface area contributed by atoms with Gasteiger partial charge < -0.3 is 15.4 Å². The van der Waals surface area contributed by atoms with Gasteiger partial charge in [-0.2, -0.15) is 4.98 Å². The summed E-state index contributed by atoms with van der Waals surface area (Å²) in [6, 6.07) is 8.39. The molecule has 2 aromatic heterocycles. The SMILES string of the molecule is CC(=O)Nc1cccc(NC(=O)COC(=O)c2nc3nc(C)cc(C)n3n2)c1. The number of amides is 2. The monoisotopic (exact) mass is 382 g/mol. The van der Waals surface area contributed by atoms with Crippen molar-refractivity contribution >= 4 is 34.9 Å². The molecule has 0 saturated carbocycles. The smallest absolute Gasteiger partial charge is 0.378 e. The number of nitrogens with one attached hydrogen (secondary N) is 2. The van der Waals surface area contributed by atoms with E-state index in [1.807, 2.05) is 13.8 Å². The third kappa shape index (κ3) is 4.47. The molecule has 0 aliphatic rings. The average molecular weight is 382 g/mol. The number of hydrogen-bond donors (Lipinski definition) is 2. The highest BCUT2D eigenvalue weighted by molar-refractivity contribution is 5.95. The van der Waals surface area contributed by atoms with Gasteiger partial charge in [-0.25, -0.2) is 14.3 Å². The fraction of sp³-hybridized carbons (Fsp3) is 0.222. The summed E-state index contributed by atoms with van der Waals surface area (Å²) in [6.45, 7) is 4.50. The maximum absolute atomic E-state index is 12.1. The zero-order chi connectivity index (χ0) is 20.3. The standard InChI is InChI=1S/C18H18N6O4/c1-10-7-11(2)24-18(19-10)22-16(23-24)17(27)28-9-15(26)21-14-6-4-5-13(8-14)20-12(3)25/h4-8H,9H2,1-3H3,(H,20,25)(H,21,26). The van der Waals surface area contributed by atoms with E-state index in [0.29, 0.717) is 11.4 Å². The molecular weight excluding hydrogens is 364 g/mol. The van der Waals surface area contributed by atoms with Crippen LogP contribution in [0.25, 0.3) is 5.78 Å². The van der Waals surface area contributed by atoms with Crippen LogP contribution in [-0.4, -0.2) is 44.0 Å². The van der Waals surface area contributed by atoms with Gasteiger partial charge in [0, 0.05) is 29.7 Å². The van der Waals surface area contributed by atoms with Gasteiger partial charge in [0.2, 0.25) is 5.91 Å². The Bertz CT molecular complexity index is 1080. The van der Waals surface area contributed by atoms with Crippen LogP contribution in [0.2, 0.25) is 0 Å². The number of aryl methyl sites for hydroxylation is 2. The van der Waals surface area contributed by atoms with Gasteiger partial charge in [-0.15, -0.1) is 5.10 Å². The number of rotatable bonds is 5. The predicted molar refractivity (Wildman–Crippen MR) is 99.9 cm³/mol. The van der Waals surface area contributed by atoms with Crippen molar-refractivity contribution in [2.24, 2.45) is 0 Å². The topological polar surface area (TPSA) is 128 Å². The minimum Gasteiger partial charge on any atom is -0.450 e. The van der Waals surface area contributed by atoms with Crippen LogP contribution in [0.15, 0.2) is 30.3 Å². The number of carbonyl (C=O) groups is 3. The molecule has 0 aliphatic heterocycles. The van der Waals surface area contributed by atoms with E-state index in [1.54, 1.807) is 30.3 Å². The molecule has 10 nitrogen and oxygen atoms in total. The van der Waals surface area contributed by atoms with Gasteiger partial charge >= 0.3 is 5.97 Å². The summed E-state index contributed by atoms with van der Waals surface area (Å²) in [5.41, 5.74) is 2.51. The van der Waals surface area contributed by atoms with Crippen LogP contribution in [0.1, 0.15) is 28.9 Å². The Morgan fingerprint density at radius 1 is 1.07 bits per heavy atom. The van der Waals surface area contributed by atoms with Crippen LogP contribution in [0, 0.1) is 13.8 Å². The molecule has 0 saturated heterocycles. The van der Waals surface area contributed by atoms with Crippen LogP contribution in [0.5, 0.6) is 0 Å². The minimum atomic E-state index is -0.829. The normalized spacial score (nSPS) is 10.5. The molecule has 144 valence electrons. The molecule has 3 aromatic rings. The van der Waals surface area contributed by atoms with Crippen molar-refractivity contribution in [3.63, 3.8) is 0 Å². The van der Waals surface area contributed by atoms with E-state index in [9.17, 15) is 14.4 Å². The fourth-order valence-corrected chi connectivity index (χ4v) is 2.52. The molecule has 0 radical (unpaired) electrons. The van der Waals surface area contributed by atoms with Crippen molar-refractivity contribution in [3.8, 4) is 0 Å². The number of anilines is 2. The number of nitrogens with zero attached hydrogens (tertiary/aromatic N) is 4. The molecular formula is C18H18N6O4. The van der Waals surface area contributed by atoms with Crippen molar-refractivity contribution in [1.82, 2.24) is 19.6 Å². The Kier molecular flexibility index (Phi) is 5.30. The van der Waals surface area contributed by atoms with Gasteiger partial charge in [-0.05, 0) is 38.1 Å². The number of carbonyl (C=O) groups excluding carboxylic acids is 3. The second-order valence-corrected chi connectivity index (χ2v) is 6.07. The molecule has 2 heterocycles. The Hall–Kier alpha value is -3.82. The van der Waals surface area contributed by atoms with Crippen molar-refractivity contribution in [2.45, 2.75) is 20.8 Å². The van der Waals surface area contributed by atoms with Crippen LogP contribution in [0.4, 0.5) is 11.4 Å². The summed E-state index contributed by atoms with van der Waals surface area (Å²) in [7, 11) is 0. The zero-order valence-corrected chi connectivity index (χ0v) is 15.5. The molecule has 3 rings (SSSR count). The zero-order valence-electron chi connectivity index (χ0n) is 15.5. The Morgan fingerprint density at radius 3 is 2.50 bits per heavy atom. The van der Waals surface area contributed by atoms with Gasteiger partial charge in [0.05, 0.1) is 0 Å². The molecule has 2 N–H and O–H groups in total. The van der Waals surface area contributed by atoms with Gasteiger partial charge in [0.1, 0.15) is 0 Å². The molecule has 10 heteroatoms. The van der Waals surface area contributed by atoms with Gasteiger partial charge in [-0.1, -0.05) is 6.07 Å². The highest BCUT2D eigenvalue weighted by Gasteiger charge is 2.18. The molecule has 0 spiro atoms. The van der Waals surface area contributed by atoms with Gasteiger partial charge in [-0.3, -0.25) is 9.59 Å². The van der Waals surface area contributed by atoms with Crippen molar-refractivity contribution < 1.29 is 19.1 Å². The first-order valence-electron chi connectivity index (χ1n) is 8.37. The first kappa shape index (κ1) is 19.0. The Labute approximate surface area is 159 Å². The van der Waals surface area contributed by atoms with Crippen LogP contribution < -0.4 is 10.6 Å². The largest absolute Gasteiger partial charge is 0.450 e. The molecule has 28 heavy (non-hydrogen) atoms. The number of hydrogen-bond acceptors (Lipinski definition) is 7. The van der Waals surface area contributed by atoms with Crippen molar-refractivity contribution in [2.75, 3.05) is 17.2 Å². The van der Waals surface area contributed by atoms with E-state index in [4.69, 9.17) is 4.74 Å². The molecule has 0 unspecified atom stereocenters. The van der Waals surface area contributed by atoms with Crippen molar-refractivity contribution in [3.05, 3.63) is 47.5 Å². The third-order valence-corrected chi connectivity index (χ3v) is 3.60. The van der Waals surface area contributed by atoms with E-state index in [1.165, 1.54) is 11.4 Å². The second-order valence-electron chi connectivity index (χ2n) is 6.07. The maximum Gasteiger partial charge on any atom is 0.378 e. The lowest BCUT2D eigenvalue weighted by Crippen LogP contribution is -2.21. The first-order chi connectivity index (χ1) is 13.3. The third-order valence-electron chi connectivity index (χ3n) is 3.60. The molecule has 1 aromatic carbocycles. The number of benzene rings is 1. The van der Waals surface area contributed by atoms with Crippen LogP contribution >= 0.6 is 0 Å². The Morgan fingerprint density at radius 2 is 1.79 bits per heavy atom.